The number of aromatic nitrogens is 3. The summed E-state index contributed by atoms with van der Waals surface area (Å²) in [7, 11) is 0. The Morgan fingerprint density at radius 3 is 3.00 bits per heavy atom. The predicted molar refractivity (Wildman–Crippen MR) is 54.6 cm³/mol. The van der Waals surface area contributed by atoms with Crippen molar-refractivity contribution in [1.82, 2.24) is 20.5 Å². The number of hydrogen-bond donors (Lipinski definition) is 2. The molecule has 1 amide bonds. The molecule has 0 saturated carbocycles. The van der Waals surface area contributed by atoms with E-state index in [4.69, 9.17) is 4.74 Å². The Morgan fingerprint density at radius 1 is 1.60 bits per heavy atom. The number of nitrogens with zero attached hydrogens (tertiary/aromatic N) is 2. The molecule has 1 aromatic rings. The molecule has 0 radical (unpaired) electrons. The van der Waals surface area contributed by atoms with Gasteiger partial charge in [0.2, 0.25) is 5.82 Å². The molecule has 0 spiro atoms. The smallest absolute Gasteiger partial charge is 0.290 e. The monoisotopic (exact) mass is 212 g/mol. The standard InChI is InChI=1S/C9H16N4O2/c1-3-15-6-4-5-10-9(14)8-11-7(2)12-13-8/h3-6H2,1-2H3,(H,10,14)(H,11,12,13). The van der Waals surface area contributed by atoms with Gasteiger partial charge in [-0.3, -0.25) is 9.89 Å². The summed E-state index contributed by atoms with van der Waals surface area (Å²) in [5.74, 6) is 0.564. The van der Waals surface area contributed by atoms with Crippen LogP contribution in [0, 0.1) is 6.92 Å². The molecular weight excluding hydrogens is 196 g/mol. The molecule has 0 aliphatic carbocycles. The van der Waals surface area contributed by atoms with Gasteiger partial charge in [-0.25, -0.2) is 4.98 Å². The number of amides is 1. The van der Waals surface area contributed by atoms with Crippen LogP contribution in [0.5, 0.6) is 0 Å². The zero-order chi connectivity index (χ0) is 11.1. The summed E-state index contributed by atoms with van der Waals surface area (Å²) in [6.45, 7) is 5.62. The molecule has 0 aliphatic rings. The van der Waals surface area contributed by atoms with Gasteiger partial charge in [-0.2, -0.15) is 0 Å². The SMILES string of the molecule is CCOCCCNC(=O)c1n[nH]c(C)n1. The van der Waals surface area contributed by atoms with Crippen LogP contribution in [0.4, 0.5) is 0 Å². The van der Waals surface area contributed by atoms with Crippen LogP contribution >= 0.6 is 0 Å². The highest BCUT2D eigenvalue weighted by Gasteiger charge is 2.09. The summed E-state index contributed by atoms with van der Waals surface area (Å²) in [5, 5.41) is 9.07. The first-order valence-electron chi connectivity index (χ1n) is 4.99. The molecule has 6 heteroatoms. The highest BCUT2D eigenvalue weighted by molar-refractivity contribution is 5.90. The summed E-state index contributed by atoms with van der Waals surface area (Å²) in [6.07, 6.45) is 0.795. The van der Waals surface area contributed by atoms with E-state index in [-0.39, 0.29) is 11.7 Å². The highest BCUT2D eigenvalue weighted by atomic mass is 16.5. The normalized spacial score (nSPS) is 10.3. The maximum absolute atomic E-state index is 11.4. The summed E-state index contributed by atoms with van der Waals surface area (Å²) in [4.78, 5) is 15.3. The van der Waals surface area contributed by atoms with Crippen molar-refractivity contribution in [1.29, 1.82) is 0 Å². The first-order chi connectivity index (χ1) is 7.24. The molecular formula is C9H16N4O2. The van der Waals surface area contributed by atoms with E-state index >= 15 is 0 Å². The van der Waals surface area contributed by atoms with Crippen LogP contribution in [0.1, 0.15) is 29.8 Å². The lowest BCUT2D eigenvalue weighted by molar-refractivity contribution is 0.0934. The topological polar surface area (TPSA) is 79.9 Å². The van der Waals surface area contributed by atoms with Crippen LogP contribution < -0.4 is 5.32 Å². The van der Waals surface area contributed by atoms with Gasteiger partial charge in [0.25, 0.3) is 5.91 Å². The first-order valence-corrected chi connectivity index (χ1v) is 4.99. The minimum absolute atomic E-state index is 0.184. The molecule has 0 unspecified atom stereocenters. The van der Waals surface area contributed by atoms with E-state index in [9.17, 15) is 4.79 Å². The number of carbonyl (C=O) groups excluding carboxylic acids is 1. The van der Waals surface area contributed by atoms with Crippen molar-refractivity contribution in [3.05, 3.63) is 11.6 Å². The summed E-state index contributed by atoms with van der Waals surface area (Å²) in [5.41, 5.74) is 0. The minimum atomic E-state index is -0.254. The molecule has 0 aromatic carbocycles. The number of aryl methyl sites for hydroxylation is 1. The number of H-pyrrole nitrogens is 1. The van der Waals surface area contributed by atoms with Gasteiger partial charge in [0.05, 0.1) is 0 Å². The van der Waals surface area contributed by atoms with E-state index in [0.717, 1.165) is 6.42 Å². The van der Waals surface area contributed by atoms with Gasteiger partial charge in [0.15, 0.2) is 0 Å². The van der Waals surface area contributed by atoms with Gasteiger partial charge < -0.3 is 10.1 Å². The summed E-state index contributed by atoms with van der Waals surface area (Å²) in [6, 6.07) is 0. The molecule has 1 heterocycles. The van der Waals surface area contributed by atoms with Crippen molar-refractivity contribution in [2.24, 2.45) is 0 Å². The molecule has 84 valence electrons. The predicted octanol–water partition coefficient (Wildman–Crippen LogP) is 0.270. The number of hydrogen-bond acceptors (Lipinski definition) is 4. The Labute approximate surface area is 88.4 Å². The zero-order valence-corrected chi connectivity index (χ0v) is 9.04. The fraction of sp³-hybridized carbons (Fsp3) is 0.667. The van der Waals surface area contributed by atoms with Gasteiger partial charge in [0.1, 0.15) is 5.82 Å². The Kier molecular flexibility index (Phi) is 4.76. The van der Waals surface area contributed by atoms with E-state index in [1.54, 1.807) is 6.92 Å². The van der Waals surface area contributed by atoms with Crippen LogP contribution in [0.3, 0.4) is 0 Å². The Morgan fingerprint density at radius 2 is 2.40 bits per heavy atom. The molecule has 0 aliphatic heterocycles. The van der Waals surface area contributed by atoms with Gasteiger partial charge in [0, 0.05) is 19.8 Å². The van der Waals surface area contributed by atoms with Crippen molar-refractivity contribution in [2.75, 3.05) is 19.8 Å². The van der Waals surface area contributed by atoms with E-state index in [2.05, 4.69) is 20.5 Å². The average molecular weight is 212 g/mol. The number of ether oxygens (including phenoxy) is 1. The van der Waals surface area contributed by atoms with Crippen molar-refractivity contribution < 1.29 is 9.53 Å². The van der Waals surface area contributed by atoms with Gasteiger partial charge in [-0.1, -0.05) is 0 Å². The average Bonchev–Trinajstić information content (AvgIpc) is 2.64. The second-order valence-electron chi connectivity index (χ2n) is 3.05. The van der Waals surface area contributed by atoms with Crippen LogP contribution in [-0.2, 0) is 4.74 Å². The summed E-state index contributed by atoms with van der Waals surface area (Å²) < 4.78 is 5.14. The van der Waals surface area contributed by atoms with Crippen molar-refractivity contribution in [2.45, 2.75) is 20.3 Å². The third-order valence-corrected chi connectivity index (χ3v) is 1.76. The van der Waals surface area contributed by atoms with E-state index in [1.807, 2.05) is 6.92 Å². The van der Waals surface area contributed by atoms with Gasteiger partial charge in [-0.05, 0) is 20.3 Å². The first kappa shape index (κ1) is 11.6. The van der Waals surface area contributed by atoms with Gasteiger partial charge >= 0.3 is 0 Å². The van der Waals surface area contributed by atoms with Crippen molar-refractivity contribution in [3.63, 3.8) is 0 Å². The van der Waals surface area contributed by atoms with Crippen molar-refractivity contribution >= 4 is 5.91 Å². The van der Waals surface area contributed by atoms with E-state index < -0.39 is 0 Å². The lowest BCUT2D eigenvalue weighted by Crippen LogP contribution is -2.26. The van der Waals surface area contributed by atoms with Crippen LogP contribution in [0.25, 0.3) is 0 Å². The Bertz CT molecular complexity index is 311. The molecule has 1 aromatic heterocycles. The molecule has 0 fully saturated rings. The lowest BCUT2D eigenvalue weighted by Gasteiger charge is -2.02. The maximum atomic E-state index is 11.4. The number of nitrogens with one attached hydrogen (secondary N) is 2. The molecule has 15 heavy (non-hydrogen) atoms. The van der Waals surface area contributed by atoms with Crippen LogP contribution in [-0.4, -0.2) is 40.8 Å². The molecule has 6 nitrogen and oxygen atoms in total. The molecule has 2 N–H and O–H groups in total. The van der Waals surface area contributed by atoms with Gasteiger partial charge in [-0.15, -0.1) is 5.10 Å². The number of carbonyl (C=O) groups is 1. The Hall–Kier alpha value is -1.43. The fourth-order valence-corrected chi connectivity index (χ4v) is 1.04. The number of rotatable bonds is 6. The molecule has 0 atom stereocenters. The maximum Gasteiger partial charge on any atom is 0.290 e. The van der Waals surface area contributed by atoms with E-state index in [0.29, 0.717) is 25.6 Å². The number of aromatic amines is 1. The largest absolute Gasteiger partial charge is 0.382 e. The van der Waals surface area contributed by atoms with E-state index in [1.165, 1.54) is 0 Å². The molecule has 1 rings (SSSR count). The lowest BCUT2D eigenvalue weighted by atomic mass is 10.4. The zero-order valence-electron chi connectivity index (χ0n) is 9.04. The fourth-order valence-electron chi connectivity index (χ4n) is 1.04. The minimum Gasteiger partial charge on any atom is -0.382 e. The second-order valence-corrected chi connectivity index (χ2v) is 3.05. The second kappa shape index (κ2) is 6.13. The van der Waals surface area contributed by atoms with Crippen LogP contribution in [0.2, 0.25) is 0 Å². The highest BCUT2D eigenvalue weighted by Crippen LogP contribution is 1.90. The van der Waals surface area contributed by atoms with Crippen molar-refractivity contribution in [3.8, 4) is 0 Å². The third kappa shape index (κ3) is 4.07. The third-order valence-electron chi connectivity index (χ3n) is 1.76. The van der Waals surface area contributed by atoms with Crippen LogP contribution in [0.15, 0.2) is 0 Å². The molecule has 0 saturated heterocycles. The Balaban J connectivity index is 2.19. The summed E-state index contributed by atoms with van der Waals surface area (Å²) >= 11 is 0. The molecule has 0 bridgehead atoms. The quantitative estimate of drug-likeness (QED) is 0.663.